The quantitative estimate of drug-likeness (QED) is 0.664. The molecule has 1 aromatic carbocycles. The predicted octanol–water partition coefficient (Wildman–Crippen LogP) is 3.19. The minimum Gasteiger partial charge on any atom is -0.375 e. The highest BCUT2D eigenvalue weighted by Gasteiger charge is 2.16. The van der Waals surface area contributed by atoms with Crippen LogP contribution in [0.25, 0.3) is 0 Å². The van der Waals surface area contributed by atoms with Gasteiger partial charge in [-0.05, 0) is 30.7 Å². The van der Waals surface area contributed by atoms with Crippen molar-refractivity contribution in [2.45, 2.75) is 16.4 Å². The Morgan fingerprint density at radius 2 is 2.19 bits per heavy atom. The lowest BCUT2D eigenvalue weighted by Crippen LogP contribution is -2.18. The molecule has 0 aromatic heterocycles. The molecule has 1 aromatic rings. The summed E-state index contributed by atoms with van der Waals surface area (Å²) in [7, 11) is 0. The molecule has 88 valence electrons. The van der Waals surface area contributed by atoms with Crippen LogP contribution in [-0.4, -0.2) is 25.8 Å². The van der Waals surface area contributed by atoms with E-state index in [0.717, 1.165) is 31.1 Å². The van der Waals surface area contributed by atoms with Crippen LogP contribution < -0.4 is 5.32 Å². The maximum absolute atomic E-state index is 5.86. The molecule has 2 nitrogen and oxygen atoms in total. The number of hydrogen-bond donors (Lipinski definition) is 1. The van der Waals surface area contributed by atoms with Gasteiger partial charge in [0.05, 0.1) is 16.6 Å². The molecule has 0 radical (unpaired) electrons. The van der Waals surface area contributed by atoms with Crippen LogP contribution in [0.3, 0.4) is 0 Å². The highest BCUT2D eigenvalue weighted by atomic mass is 127. The zero-order valence-electron chi connectivity index (χ0n) is 8.96. The van der Waals surface area contributed by atoms with Crippen molar-refractivity contribution in [2.75, 3.05) is 19.7 Å². The maximum Gasteiger partial charge on any atom is 0.0712 e. The van der Waals surface area contributed by atoms with E-state index in [1.807, 2.05) is 12.1 Å². The maximum atomic E-state index is 5.86. The third kappa shape index (κ3) is 3.58. The predicted molar refractivity (Wildman–Crippen MR) is 75.4 cm³/mol. The lowest BCUT2D eigenvalue weighted by molar-refractivity contribution is 0.0700. The summed E-state index contributed by atoms with van der Waals surface area (Å²) < 4.78 is 6.24. The standard InChI is InChI=1S/C12H15ClINO/c13-10-3-1-9(2-4-10)12(14)8-16-11-5-6-15-7-11/h1-4,11-12,15H,5-8H2. The van der Waals surface area contributed by atoms with Crippen molar-refractivity contribution in [2.24, 2.45) is 0 Å². The van der Waals surface area contributed by atoms with E-state index in [-0.39, 0.29) is 0 Å². The smallest absolute Gasteiger partial charge is 0.0712 e. The minimum atomic E-state index is 0.393. The summed E-state index contributed by atoms with van der Waals surface area (Å²) in [4.78, 5) is 0. The fraction of sp³-hybridized carbons (Fsp3) is 0.500. The van der Waals surface area contributed by atoms with Crippen LogP contribution >= 0.6 is 34.2 Å². The van der Waals surface area contributed by atoms with Crippen LogP contribution in [0.2, 0.25) is 5.02 Å². The molecule has 2 rings (SSSR count). The highest BCUT2D eigenvalue weighted by molar-refractivity contribution is 14.1. The molecular formula is C12H15ClINO. The molecule has 0 saturated carbocycles. The molecule has 1 N–H and O–H groups in total. The van der Waals surface area contributed by atoms with Crippen molar-refractivity contribution in [1.29, 1.82) is 0 Å². The molecule has 2 unspecified atom stereocenters. The third-order valence-corrected chi connectivity index (χ3v) is 4.06. The van der Waals surface area contributed by atoms with Gasteiger partial charge in [0.1, 0.15) is 0 Å². The van der Waals surface area contributed by atoms with E-state index in [4.69, 9.17) is 16.3 Å². The first-order chi connectivity index (χ1) is 7.75. The molecule has 4 heteroatoms. The molecule has 1 heterocycles. The summed E-state index contributed by atoms with van der Waals surface area (Å²) in [5.41, 5.74) is 1.27. The Morgan fingerprint density at radius 3 is 2.81 bits per heavy atom. The molecule has 16 heavy (non-hydrogen) atoms. The zero-order chi connectivity index (χ0) is 11.4. The average molecular weight is 352 g/mol. The van der Waals surface area contributed by atoms with Gasteiger partial charge in [0.25, 0.3) is 0 Å². The number of benzene rings is 1. The van der Waals surface area contributed by atoms with Crippen molar-refractivity contribution >= 4 is 34.2 Å². The zero-order valence-corrected chi connectivity index (χ0v) is 11.9. The molecule has 0 aliphatic carbocycles. The first kappa shape index (κ1) is 12.6. The number of rotatable bonds is 4. The van der Waals surface area contributed by atoms with E-state index >= 15 is 0 Å². The molecular weight excluding hydrogens is 336 g/mol. The van der Waals surface area contributed by atoms with Gasteiger partial charge in [-0.15, -0.1) is 0 Å². The fourth-order valence-electron chi connectivity index (χ4n) is 1.76. The SMILES string of the molecule is Clc1ccc(C(I)COC2CCNC2)cc1. The first-order valence-corrected chi connectivity index (χ1v) is 7.10. The van der Waals surface area contributed by atoms with Gasteiger partial charge in [0.2, 0.25) is 0 Å². The lowest BCUT2D eigenvalue weighted by Gasteiger charge is -2.15. The fourth-order valence-corrected chi connectivity index (χ4v) is 2.51. The largest absolute Gasteiger partial charge is 0.375 e. The van der Waals surface area contributed by atoms with E-state index in [1.165, 1.54) is 5.56 Å². The van der Waals surface area contributed by atoms with Crippen LogP contribution in [0.5, 0.6) is 0 Å². The Labute approximate surface area is 115 Å². The first-order valence-electron chi connectivity index (χ1n) is 5.47. The van der Waals surface area contributed by atoms with Crippen molar-refractivity contribution in [3.05, 3.63) is 34.9 Å². The Bertz CT molecular complexity index is 324. The van der Waals surface area contributed by atoms with Gasteiger partial charge in [0.15, 0.2) is 0 Å². The van der Waals surface area contributed by atoms with Gasteiger partial charge in [-0.25, -0.2) is 0 Å². The van der Waals surface area contributed by atoms with Gasteiger partial charge in [-0.2, -0.15) is 0 Å². The number of alkyl halides is 1. The summed E-state index contributed by atoms with van der Waals surface area (Å²) in [5.74, 6) is 0. The second-order valence-corrected chi connectivity index (χ2v) is 5.91. The molecule has 1 aliphatic heterocycles. The highest BCUT2D eigenvalue weighted by Crippen LogP contribution is 2.25. The van der Waals surface area contributed by atoms with E-state index in [1.54, 1.807) is 0 Å². The van der Waals surface area contributed by atoms with E-state index in [0.29, 0.717) is 10.0 Å². The molecule has 1 fully saturated rings. The molecule has 2 atom stereocenters. The summed E-state index contributed by atoms with van der Waals surface area (Å²) >= 11 is 8.27. The van der Waals surface area contributed by atoms with E-state index in [9.17, 15) is 0 Å². The van der Waals surface area contributed by atoms with Gasteiger partial charge >= 0.3 is 0 Å². The Balaban J connectivity index is 1.82. The van der Waals surface area contributed by atoms with Gasteiger partial charge in [-0.3, -0.25) is 0 Å². The second-order valence-electron chi connectivity index (χ2n) is 3.97. The van der Waals surface area contributed by atoms with Gasteiger partial charge < -0.3 is 10.1 Å². The Kier molecular flexibility index (Phi) is 4.88. The second kappa shape index (κ2) is 6.19. The van der Waals surface area contributed by atoms with Gasteiger partial charge in [0, 0.05) is 11.6 Å². The Morgan fingerprint density at radius 1 is 1.44 bits per heavy atom. The Hall–Kier alpha value is 0.160. The van der Waals surface area contributed by atoms with Crippen LogP contribution in [-0.2, 0) is 4.74 Å². The van der Waals surface area contributed by atoms with Crippen molar-refractivity contribution in [3.63, 3.8) is 0 Å². The number of halogens is 2. The van der Waals surface area contributed by atoms with Crippen molar-refractivity contribution < 1.29 is 4.74 Å². The number of ether oxygens (including phenoxy) is 1. The summed E-state index contributed by atoms with van der Waals surface area (Å²) in [6.07, 6.45) is 1.52. The summed E-state index contributed by atoms with van der Waals surface area (Å²) in [6.45, 7) is 2.84. The summed E-state index contributed by atoms with van der Waals surface area (Å²) in [5, 5.41) is 4.08. The van der Waals surface area contributed by atoms with E-state index < -0.39 is 0 Å². The monoisotopic (exact) mass is 351 g/mol. The molecule has 1 aliphatic rings. The van der Waals surface area contributed by atoms with Crippen molar-refractivity contribution in [1.82, 2.24) is 5.32 Å². The van der Waals surface area contributed by atoms with Crippen LogP contribution in [0.1, 0.15) is 15.9 Å². The van der Waals surface area contributed by atoms with Crippen LogP contribution in [0, 0.1) is 0 Å². The summed E-state index contributed by atoms with van der Waals surface area (Å²) in [6, 6.07) is 7.99. The normalized spacial score (nSPS) is 22.2. The topological polar surface area (TPSA) is 21.3 Å². The number of hydrogen-bond acceptors (Lipinski definition) is 2. The van der Waals surface area contributed by atoms with E-state index in [2.05, 4.69) is 40.0 Å². The molecule has 1 saturated heterocycles. The average Bonchev–Trinajstić information content (AvgIpc) is 2.80. The number of nitrogens with one attached hydrogen (secondary N) is 1. The van der Waals surface area contributed by atoms with Crippen molar-refractivity contribution in [3.8, 4) is 0 Å². The molecule has 0 amide bonds. The van der Waals surface area contributed by atoms with Crippen LogP contribution in [0.4, 0.5) is 0 Å². The molecule has 0 bridgehead atoms. The molecule has 0 spiro atoms. The third-order valence-electron chi connectivity index (χ3n) is 2.73. The minimum absolute atomic E-state index is 0.393. The lowest BCUT2D eigenvalue weighted by atomic mass is 10.2. The van der Waals surface area contributed by atoms with Gasteiger partial charge in [-0.1, -0.05) is 46.3 Å². The van der Waals surface area contributed by atoms with Crippen LogP contribution in [0.15, 0.2) is 24.3 Å².